The minimum Gasteiger partial charge on any atom is -0.354 e. The van der Waals surface area contributed by atoms with Crippen molar-refractivity contribution in [3.05, 3.63) is 23.9 Å². The lowest BCUT2D eigenvalue weighted by molar-refractivity contribution is 0.312. The van der Waals surface area contributed by atoms with Gasteiger partial charge in [0, 0.05) is 44.5 Å². The van der Waals surface area contributed by atoms with Gasteiger partial charge in [0.2, 0.25) is 10.0 Å². The Labute approximate surface area is 114 Å². The molecule has 106 valence electrons. The highest BCUT2D eigenvalue weighted by molar-refractivity contribution is 7.88. The lowest BCUT2D eigenvalue weighted by atomic mass is 10.2. The molecule has 1 aliphatic rings. The van der Waals surface area contributed by atoms with E-state index in [-0.39, 0.29) is 6.54 Å². The van der Waals surface area contributed by atoms with Gasteiger partial charge in [0.25, 0.3) is 0 Å². The van der Waals surface area contributed by atoms with E-state index in [0.29, 0.717) is 0 Å². The number of hydrogen-bond donors (Lipinski definition) is 1. The van der Waals surface area contributed by atoms with Gasteiger partial charge >= 0.3 is 0 Å². The van der Waals surface area contributed by atoms with Crippen molar-refractivity contribution >= 4 is 15.8 Å². The van der Waals surface area contributed by atoms with Crippen molar-refractivity contribution < 1.29 is 8.42 Å². The third kappa shape index (κ3) is 4.15. The highest BCUT2D eigenvalue weighted by atomic mass is 32.2. The zero-order valence-corrected chi connectivity index (χ0v) is 12.2. The van der Waals surface area contributed by atoms with E-state index in [2.05, 4.69) is 26.6 Å². The van der Waals surface area contributed by atoms with E-state index >= 15 is 0 Å². The summed E-state index contributed by atoms with van der Waals surface area (Å²) in [5.74, 6) is 0.881. The van der Waals surface area contributed by atoms with Crippen LogP contribution in [0.3, 0.4) is 0 Å². The van der Waals surface area contributed by atoms with Gasteiger partial charge in [0.1, 0.15) is 5.82 Å². The molecule has 0 bridgehead atoms. The van der Waals surface area contributed by atoms with Crippen molar-refractivity contribution in [2.24, 2.45) is 0 Å². The second kappa shape index (κ2) is 5.85. The first-order valence-corrected chi connectivity index (χ1v) is 8.17. The molecule has 1 fully saturated rings. The maximum Gasteiger partial charge on any atom is 0.209 e. The van der Waals surface area contributed by atoms with Crippen LogP contribution in [-0.2, 0) is 16.6 Å². The SMILES string of the molecule is CN1CCN(c2ncccc2CNS(C)(=O)=O)CC1. The Morgan fingerprint density at radius 1 is 1.32 bits per heavy atom. The molecule has 2 heterocycles. The largest absolute Gasteiger partial charge is 0.354 e. The monoisotopic (exact) mass is 284 g/mol. The van der Waals surface area contributed by atoms with Gasteiger partial charge in [0.15, 0.2) is 0 Å². The quantitative estimate of drug-likeness (QED) is 0.835. The molecule has 19 heavy (non-hydrogen) atoms. The second-order valence-corrected chi connectivity index (χ2v) is 6.70. The van der Waals surface area contributed by atoms with Gasteiger partial charge in [-0.15, -0.1) is 0 Å². The van der Waals surface area contributed by atoms with E-state index in [1.807, 2.05) is 12.1 Å². The van der Waals surface area contributed by atoms with E-state index in [4.69, 9.17) is 0 Å². The summed E-state index contributed by atoms with van der Waals surface area (Å²) in [6.07, 6.45) is 2.91. The molecule has 0 unspecified atom stereocenters. The fraction of sp³-hybridized carbons (Fsp3) is 0.583. The first-order valence-electron chi connectivity index (χ1n) is 6.28. The number of pyridine rings is 1. The van der Waals surface area contributed by atoms with Crippen molar-refractivity contribution in [1.82, 2.24) is 14.6 Å². The molecule has 7 heteroatoms. The Hall–Kier alpha value is -1.18. The number of sulfonamides is 1. The van der Waals surface area contributed by atoms with Crippen LogP contribution in [0, 0.1) is 0 Å². The van der Waals surface area contributed by atoms with Gasteiger partial charge in [-0.05, 0) is 13.1 Å². The van der Waals surface area contributed by atoms with Crippen molar-refractivity contribution in [2.75, 3.05) is 44.4 Å². The summed E-state index contributed by atoms with van der Waals surface area (Å²) < 4.78 is 24.9. The van der Waals surface area contributed by atoms with Crippen LogP contribution in [0.1, 0.15) is 5.56 Å². The number of nitrogens with one attached hydrogen (secondary N) is 1. The van der Waals surface area contributed by atoms with E-state index < -0.39 is 10.0 Å². The molecule has 0 radical (unpaired) electrons. The number of rotatable bonds is 4. The van der Waals surface area contributed by atoms with Gasteiger partial charge in [-0.2, -0.15) is 0 Å². The highest BCUT2D eigenvalue weighted by Gasteiger charge is 2.18. The Bertz CT molecular complexity index is 524. The number of anilines is 1. The number of aromatic nitrogens is 1. The molecule has 0 spiro atoms. The maximum absolute atomic E-state index is 11.2. The molecule has 1 N–H and O–H groups in total. The number of piperazine rings is 1. The third-order valence-corrected chi connectivity index (χ3v) is 3.86. The summed E-state index contributed by atoms with van der Waals surface area (Å²) in [5.41, 5.74) is 0.914. The van der Waals surface area contributed by atoms with E-state index in [9.17, 15) is 8.42 Å². The van der Waals surface area contributed by atoms with Crippen LogP contribution >= 0.6 is 0 Å². The number of likely N-dealkylation sites (N-methyl/N-ethyl adjacent to an activating group) is 1. The van der Waals surface area contributed by atoms with Crippen LogP contribution in [0.15, 0.2) is 18.3 Å². The average molecular weight is 284 g/mol. The van der Waals surface area contributed by atoms with Crippen molar-refractivity contribution in [1.29, 1.82) is 0 Å². The number of nitrogens with zero attached hydrogens (tertiary/aromatic N) is 3. The van der Waals surface area contributed by atoms with Gasteiger partial charge in [-0.25, -0.2) is 18.1 Å². The Kier molecular flexibility index (Phi) is 4.38. The van der Waals surface area contributed by atoms with Gasteiger partial charge in [0.05, 0.1) is 6.26 Å². The number of hydrogen-bond acceptors (Lipinski definition) is 5. The summed E-state index contributed by atoms with van der Waals surface area (Å²) >= 11 is 0. The molecule has 2 rings (SSSR count). The Morgan fingerprint density at radius 3 is 2.63 bits per heavy atom. The molecule has 1 aromatic heterocycles. The van der Waals surface area contributed by atoms with Gasteiger partial charge < -0.3 is 9.80 Å². The topological polar surface area (TPSA) is 65.5 Å². The third-order valence-electron chi connectivity index (χ3n) is 3.20. The van der Waals surface area contributed by atoms with Crippen molar-refractivity contribution in [3.63, 3.8) is 0 Å². The molecule has 0 atom stereocenters. The maximum atomic E-state index is 11.2. The second-order valence-electron chi connectivity index (χ2n) is 4.87. The molecule has 1 saturated heterocycles. The smallest absolute Gasteiger partial charge is 0.209 e. The molecule has 0 saturated carbocycles. The fourth-order valence-corrected chi connectivity index (χ4v) is 2.50. The molecule has 0 aliphatic carbocycles. The standard InChI is InChI=1S/C12H20N4O2S/c1-15-6-8-16(9-7-15)12-11(4-3-5-13-12)10-14-19(2,17)18/h3-5,14H,6-10H2,1-2H3. The van der Waals surface area contributed by atoms with Crippen LogP contribution in [0.4, 0.5) is 5.82 Å². The van der Waals surface area contributed by atoms with E-state index in [1.54, 1.807) is 6.20 Å². The Balaban J connectivity index is 2.12. The Morgan fingerprint density at radius 2 is 2.00 bits per heavy atom. The summed E-state index contributed by atoms with van der Waals surface area (Å²) in [5, 5.41) is 0. The van der Waals surface area contributed by atoms with Gasteiger partial charge in [-0.3, -0.25) is 0 Å². The van der Waals surface area contributed by atoms with Gasteiger partial charge in [-0.1, -0.05) is 6.07 Å². The molecule has 6 nitrogen and oxygen atoms in total. The molecule has 1 aromatic rings. The van der Waals surface area contributed by atoms with Crippen molar-refractivity contribution in [3.8, 4) is 0 Å². The summed E-state index contributed by atoms with van der Waals surface area (Å²) in [4.78, 5) is 8.88. The van der Waals surface area contributed by atoms with Crippen LogP contribution in [-0.4, -0.2) is 57.8 Å². The van der Waals surface area contributed by atoms with E-state index in [1.165, 1.54) is 6.26 Å². The average Bonchev–Trinajstić information content (AvgIpc) is 2.37. The zero-order chi connectivity index (χ0) is 13.9. The summed E-state index contributed by atoms with van der Waals surface area (Å²) in [7, 11) is -1.08. The first kappa shape index (κ1) is 14.2. The summed E-state index contributed by atoms with van der Waals surface area (Å²) in [6.45, 7) is 4.11. The predicted octanol–water partition coefficient (Wildman–Crippen LogP) is -0.117. The first-order chi connectivity index (χ1) is 8.96. The summed E-state index contributed by atoms with van der Waals surface area (Å²) in [6, 6.07) is 3.75. The molecular weight excluding hydrogens is 264 g/mol. The minimum atomic E-state index is -3.18. The van der Waals surface area contributed by atoms with Crippen LogP contribution < -0.4 is 9.62 Å². The molecular formula is C12H20N4O2S. The molecule has 0 aromatic carbocycles. The minimum absolute atomic E-state index is 0.286. The fourth-order valence-electron chi connectivity index (χ4n) is 2.08. The normalized spacial score (nSPS) is 17.7. The lowest BCUT2D eigenvalue weighted by Crippen LogP contribution is -2.45. The predicted molar refractivity (Wildman–Crippen MR) is 75.6 cm³/mol. The van der Waals surface area contributed by atoms with Crippen molar-refractivity contribution in [2.45, 2.75) is 6.54 Å². The lowest BCUT2D eigenvalue weighted by Gasteiger charge is -2.34. The molecule has 1 aliphatic heterocycles. The van der Waals surface area contributed by atoms with Crippen LogP contribution in [0.5, 0.6) is 0 Å². The highest BCUT2D eigenvalue weighted by Crippen LogP contribution is 2.18. The van der Waals surface area contributed by atoms with Crippen LogP contribution in [0.25, 0.3) is 0 Å². The van der Waals surface area contributed by atoms with Crippen LogP contribution in [0.2, 0.25) is 0 Å². The zero-order valence-electron chi connectivity index (χ0n) is 11.3. The van der Waals surface area contributed by atoms with E-state index in [0.717, 1.165) is 37.6 Å². The molecule has 0 amide bonds.